The lowest BCUT2D eigenvalue weighted by Gasteiger charge is -2.17. The van der Waals surface area contributed by atoms with E-state index < -0.39 is 0 Å². The first-order chi connectivity index (χ1) is 12.4. The molecule has 1 aliphatic rings. The van der Waals surface area contributed by atoms with Crippen LogP contribution in [0.25, 0.3) is 11.1 Å². The van der Waals surface area contributed by atoms with Crippen molar-refractivity contribution in [2.75, 3.05) is 18.0 Å². The maximum Gasteiger partial charge on any atom is 0.0630 e. The monoisotopic (exact) mass is 326 g/mol. The SMILES string of the molecule is C(=Nc1ccc(-c2ccccc2)cc1)c1ccc(N2CCCC2)cc1. The lowest BCUT2D eigenvalue weighted by molar-refractivity contribution is 0.949. The quantitative estimate of drug-likeness (QED) is 0.561. The van der Waals surface area contributed by atoms with Gasteiger partial charge in [-0.05, 0) is 53.8 Å². The molecule has 4 rings (SSSR count). The van der Waals surface area contributed by atoms with E-state index in [1.807, 2.05) is 12.3 Å². The highest BCUT2D eigenvalue weighted by Crippen LogP contribution is 2.23. The van der Waals surface area contributed by atoms with Gasteiger partial charge in [0.2, 0.25) is 0 Å². The highest BCUT2D eigenvalue weighted by Gasteiger charge is 2.11. The van der Waals surface area contributed by atoms with Crippen molar-refractivity contribution in [3.8, 4) is 11.1 Å². The van der Waals surface area contributed by atoms with Crippen LogP contribution < -0.4 is 4.90 Å². The van der Waals surface area contributed by atoms with Crippen LogP contribution in [0.4, 0.5) is 11.4 Å². The molecule has 0 atom stereocenters. The Morgan fingerprint density at radius 1 is 0.680 bits per heavy atom. The molecular formula is C23H22N2. The molecule has 124 valence electrons. The number of anilines is 1. The highest BCUT2D eigenvalue weighted by atomic mass is 15.1. The van der Waals surface area contributed by atoms with E-state index in [1.54, 1.807) is 0 Å². The number of aliphatic imine (C=N–C) groups is 1. The molecule has 2 heteroatoms. The predicted octanol–water partition coefficient (Wildman–Crippen LogP) is 5.70. The van der Waals surface area contributed by atoms with E-state index in [-0.39, 0.29) is 0 Å². The zero-order valence-electron chi connectivity index (χ0n) is 14.3. The molecule has 0 aliphatic carbocycles. The smallest absolute Gasteiger partial charge is 0.0630 e. The van der Waals surface area contributed by atoms with E-state index >= 15 is 0 Å². The third-order valence-electron chi connectivity index (χ3n) is 4.70. The standard InChI is InChI=1S/C23H22N2/c1-2-6-20(7-3-1)21-10-12-22(13-11-21)24-18-19-8-14-23(15-9-19)25-16-4-5-17-25/h1-3,6-15,18H,4-5,16-17H2. The molecule has 0 unspecified atom stereocenters. The number of rotatable bonds is 4. The molecule has 1 fully saturated rings. The van der Waals surface area contributed by atoms with Gasteiger partial charge in [-0.3, -0.25) is 4.99 Å². The summed E-state index contributed by atoms with van der Waals surface area (Å²) in [7, 11) is 0. The third-order valence-corrected chi connectivity index (χ3v) is 4.70. The fourth-order valence-electron chi connectivity index (χ4n) is 3.27. The maximum atomic E-state index is 4.60. The Balaban J connectivity index is 1.44. The van der Waals surface area contributed by atoms with Crippen LogP contribution in [0.15, 0.2) is 83.9 Å². The molecule has 3 aromatic carbocycles. The van der Waals surface area contributed by atoms with Crippen molar-refractivity contribution in [1.29, 1.82) is 0 Å². The molecule has 1 aliphatic heterocycles. The number of nitrogens with zero attached hydrogens (tertiary/aromatic N) is 2. The van der Waals surface area contributed by atoms with Crippen molar-refractivity contribution < 1.29 is 0 Å². The van der Waals surface area contributed by atoms with Crippen LogP contribution in [0.2, 0.25) is 0 Å². The van der Waals surface area contributed by atoms with Crippen LogP contribution in [0.5, 0.6) is 0 Å². The van der Waals surface area contributed by atoms with Crippen molar-refractivity contribution in [3.05, 3.63) is 84.4 Å². The molecule has 0 saturated carbocycles. The number of hydrogen-bond acceptors (Lipinski definition) is 2. The first-order valence-electron chi connectivity index (χ1n) is 8.93. The molecule has 0 radical (unpaired) electrons. The summed E-state index contributed by atoms with van der Waals surface area (Å²) < 4.78 is 0. The van der Waals surface area contributed by atoms with Crippen molar-refractivity contribution in [1.82, 2.24) is 0 Å². The van der Waals surface area contributed by atoms with Crippen LogP contribution in [-0.2, 0) is 0 Å². The van der Waals surface area contributed by atoms with Gasteiger partial charge in [-0.2, -0.15) is 0 Å². The second kappa shape index (κ2) is 7.35. The molecule has 2 nitrogen and oxygen atoms in total. The predicted molar refractivity (Wildman–Crippen MR) is 107 cm³/mol. The topological polar surface area (TPSA) is 15.6 Å². The summed E-state index contributed by atoms with van der Waals surface area (Å²) in [5, 5.41) is 0. The van der Waals surface area contributed by atoms with Crippen molar-refractivity contribution in [2.24, 2.45) is 4.99 Å². The van der Waals surface area contributed by atoms with Crippen LogP contribution in [-0.4, -0.2) is 19.3 Å². The molecule has 1 heterocycles. The van der Waals surface area contributed by atoms with Crippen molar-refractivity contribution in [2.45, 2.75) is 12.8 Å². The zero-order valence-corrected chi connectivity index (χ0v) is 14.3. The summed E-state index contributed by atoms with van der Waals surface area (Å²) in [6, 6.07) is 27.5. The van der Waals surface area contributed by atoms with Crippen LogP contribution in [0.3, 0.4) is 0 Å². The fraction of sp³-hybridized carbons (Fsp3) is 0.174. The van der Waals surface area contributed by atoms with E-state index in [0.717, 1.165) is 11.3 Å². The minimum absolute atomic E-state index is 0.975. The lowest BCUT2D eigenvalue weighted by Crippen LogP contribution is -2.17. The van der Waals surface area contributed by atoms with E-state index in [9.17, 15) is 0 Å². The molecule has 25 heavy (non-hydrogen) atoms. The van der Waals surface area contributed by atoms with E-state index in [4.69, 9.17) is 0 Å². The van der Waals surface area contributed by atoms with Crippen LogP contribution >= 0.6 is 0 Å². The van der Waals surface area contributed by atoms with Gasteiger partial charge in [0.1, 0.15) is 0 Å². The largest absolute Gasteiger partial charge is 0.372 e. The third kappa shape index (κ3) is 3.80. The molecule has 0 amide bonds. The molecule has 0 bridgehead atoms. The van der Waals surface area contributed by atoms with Gasteiger partial charge in [-0.25, -0.2) is 0 Å². The summed E-state index contributed by atoms with van der Waals surface area (Å²) in [6.07, 6.45) is 4.55. The minimum atomic E-state index is 0.975. The molecule has 1 saturated heterocycles. The second-order valence-electron chi connectivity index (χ2n) is 6.46. The average Bonchev–Trinajstić information content (AvgIpc) is 3.23. The Bertz CT molecular complexity index is 828. The van der Waals surface area contributed by atoms with Crippen molar-refractivity contribution in [3.63, 3.8) is 0 Å². The van der Waals surface area contributed by atoms with Crippen LogP contribution in [0.1, 0.15) is 18.4 Å². The summed E-state index contributed by atoms with van der Waals surface area (Å²) in [5.41, 5.74) is 5.88. The Labute approximate surface area is 149 Å². The van der Waals surface area contributed by atoms with Gasteiger partial charge in [-0.1, -0.05) is 54.6 Å². The molecule has 0 N–H and O–H groups in total. The number of hydrogen-bond donors (Lipinski definition) is 0. The lowest BCUT2D eigenvalue weighted by atomic mass is 10.1. The summed E-state index contributed by atoms with van der Waals surface area (Å²) >= 11 is 0. The Morgan fingerprint density at radius 2 is 1.32 bits per heavy atom. The van der Waals surface area contributed by atoms with Gasteiger partial charge < -0.3 is 4.90 Å². The van der Waals surface area contributed by atoms with Gasteiger partial charge >= 0.3 is 0 Å². The Morgan fingerprint density at radius 3 is 2.00 bits per heavy atom. The molecule has 0 aromatic heterocycles. The summed E-state index contributed by atoms with van der Waals surface area (Å²) in [6.45, 7) is 2.36. The minimum Gasteiger partial charge on any atom is -0.372 e. The average molecular weight is 326 g/mol. The van der Waals surface area contributed by atoms with E-state index in [0.29, 0.717) is 0 Å². The number of benzene rings is 3. The van der Waals surface area contributed by atoms with E-state index in [2.05, 4.69) is 82.7 Å². The zero-order chi connectivity index (χ0) is 16.9. The molecule has 3 aromatic rings. The fourth-order valence-corrected chi connectivity index (χ4v) is 3.27. The first kappa shape index (κ1) is 15.6. The van der Waals surface area contributed by atoms with Gasteiger partial charge in [0, 0.05) is 25.0 Å². The summed E-state index contributed by atoms with van der Waals surface area (Å²) in [5.74, 6) is 0. The normalized spacial score (nSPS) is 14.3. The molecule has 0 spiro atoms. The van der Waals surface area contributed by atoms with E-state index in [1.165, 1.54) is 42.7 Å². The van der Waals surface area contributed by atoms with Gasteiger partial charge in [-0.15, -0.1) is 0 Å². The Kier molecular flexibility index (Phi) is 4.60. The summed E-state index contributed by atoms with van der Waals surface area (Å²) in [4.78, 5) is 7.05. The molecular weight excluding hydrogens is 304 g/mol. The van der Waals surface area contributed by atoms with Gasteiger partial charge in [0.15, 0.2) is 0 Å². The second-order valence-corrected chi connectivity index (χ2v) is 6.46. The van der Waals surface area contributed by atoms with Gasteiger partial charge in [0.05, 0.1) is 5.69 Å². The van der Waals surface area contributed by atoms with Crippen molar-refractivity contribution >= 4 is 17.6 Å². The van der Waals surface area contributed by atoms with Gasteiger partial charge in [0.25, 0.3) is 0 Å². The Hall–Kier alpha value is -2.87. The maximum absolute atomic E-state index is 4.60. The van der Waals surface area contributed by atoms with Crippen LogP contribution in [0, 0.1) is 0 Å². The highest BCUT2D eigenvalue weighted by molar-refractivity contribution is 5.82. The first-order valence-corrected chi connectivity index (χ1v) is 8.93.